The summed E-state index contributed by atoms with van der Waals surface area (Å²) in [5, 5.41) is 9.39. The highest BCUT2D eigenvalue weighted by Crippen LogP contribution is 2.31. The Hall–Kier alpha value is -4.24. The van der Waals surface area contributed by atoms with Crippen LogP contribution in [0, 0.1) is 5.95 Å². The predicted molar refractivity (Wildman–Crippen MR) is 113 cm³/mol. The molecule has 0 aliphatic heterocycles. The van der Waals surface area contributed by atoms with Gasteiger partial charge >= 0.3 is 0 Å². The molecule has 0 spiro atoms. The van der Waals surface area contributed by atoms with Gasteiger partial charge in [-0.05, 0) is 42.0 Å². The van der Waals surface area contributed by atoms with Gasteiger partial charge in [0.25, 0.3) is 0 Å². The second-order valence-electron chi connectivity index (χ2n) is 6.80. The van der Waals surface area contributed by atoms with Gasteiger partial charge in [-0.1, -0.05) is 12.1 Å². The van der Waals surface area contributed by atoms with Crippen molar-refractivity contribution in [3.8, 4) is 28.5 Å². The number of aliphatic hydroxyl groups excluding tert-OH is 1. The van der Waals surface area contributed by atoms with E-state index in [0.29, 0.717) is 39.8 Å². The lowest BCUT2D eigenvalue weighted by atomic mass is 10.2. The zero-order valence-electron chi connectivity index (χ0n) is 16.1. The zero-order valence-corrected chi connectivity index (χ0v) is 16.1. The number of imidazole rings is 1. The maximum atomic E-state index is 13.2. The number of aromatic nitrogens is 6. The van der Waals surface area contributed by atoms with Crippen LogP contribution >= 0.6 is 0 Å². The summed E-state index contributed by atoms with van der Waals surface area (Å²) in [4.78, 5) is 21.4. The third kappa shape index (κ3) is 3.36. The quantitative estimate of drug-likeness (QED) is 0.465. The van der Waals surface area contributed by atoms with Crippen LogP contribution in [0.5, 0.6) is 0 Å². The van der Waals surface area contributed by atoms with Crippen molar-refractivity contribution in [2.45, 2.75) is 6.61 Å². The normalized spacial score (nSPS) is 11.2. The van der Waals surface area contributed by atoms with Crippen molar-refractivity contribution in [3.63, 3.8) is 0 Å². The number of hydrogen-bond acceptors (Lipinski definition) is 7. The van der Waals surface area contributed by atoms with E-state index in [9.17, 15) is 9.50 Å². The van der Waals surface area contributed by atoms with Crippen molar-refractivity contribution in [2.24, 2.45) is 0 Å². The third-order valence-corrected chi connectivity index (χ3v) is 4.84. The molecule has 1 aromatic carbocycles. The van der Waals surface area contributed by atoms with Crippen molar-refractivity contribution in [1.29, 1.82) is 0 Å². The van der Waals surface area contributed by atoms with Gasteiger partial charge in [0.2, 0.25) is 5.95 Å². The maximum Gasteiger partial charge on any atom is 0.231 e. The molecule has 8 nitrogen and oxygen atoms in total. The first-order valence-electron chi connectivity index (χ1n) is 9.42. The number of anilines is 1. The molecule has 0 aliphatic carbocycles. The molecule has 0 amide bonds. The van der Waals surface area contributed by atoms with E-state index in [0.717, 1.165) is 17.4 Å². The first-order chi connectivity index (χ1) is 15.1. The van der Waals surface area contributed by atoms with Crippen LogP contribution in [0.4, 0.5) is 10.2 Å². The number of halogens is 1. The number of rotatable bonds is 4. The number of nitrogens with zero attached hydrogens (tertiary/aromatic N) is 6. The summed E-state index contributed by atoms with van der Waals surface area (Å²) in [6.45, 7) is -0.0565. The van der Waals surface area contributed by atoms with E-state index in [1.54, 1.807) is 18.3 Å². The van der Waals surface area contributed by atoms with Crippen LogP contribution in [0.3, 0.4) is 0 Å². The van der Waals surface area contributed by atoms with Gasteiger partial charge in [0.15, 0.2) is 11.5 Å². The summed E-state index contributed by atoms with van der Waals surface area (Å²) < 4.78 is 15.1. The zero-order chi connectivity index (χ0) is 21.4. The average molecular weight is 413 g/mol. The summed E-state index contributed by atoms with van der Waals surface area (Å²) in [6, 6.07) is 14.6. The Morgan fingerprint density at radius 2 is 1.74 bits per heavy atom. The molecule has 9 heteroatoms. The first-order valence-corrected chi connectivity index (χ1v) is 9.42. The molecule has 0 radical (unpaired) electrons. The van der Waals surface area contributed by atoms with Crippen LogP contribution in [0.25, 0.3) is 39.6 Å². The molecule has 0 saturated carbocycles. The van der Waals surface area contributed by atoms with Gasteiger partial charge in [-0.3, -0.25) is 4.57 Å². The Kier molecular flexibility index (Phi) is 4.57. The van der Waals surface area contributed by atoms with E-state index in [-0.39, 0.29) is 6.61 Å². The molecule has 5 aromatic rings. The Labute approximate surface area is 175 Å². The lowest BCUT2D eigenvalue weighted by Crippen LogP contribution is -2.02. The minimum atomic E-state index is -0.659. The first kappa shape index (κ1) is 18.8. The fraction of sp³-hybridized carbons (Fsp3) is 0.0455. The standard InChI is InChI=1S/C22H16FN7O/c23-19-11-26-18(10-27-19)16-7-8-17-22(28-16)30(14-5-3-13(12-31)4-6-14)21(29-17)15-2-1-9-25-20(15)24/h1-11,31H,12H2,(H2,24,25). The van der Waals surface area contributed by atoms with E-state index in [1.807, 2.05) is 41.0 Å². The smallest absolute Gasteiger partial charge is 0.231 e. The number of hydrogen-bond donors (Lipinski definition) is 2. The molecule has 152 valence electrons. The minimum absolute atomic E-state index is 0.0565. The molecule has 0 bridgehead atoms. The minimum Gasteiger partial charge on any atom is -0.392 e. The van der Waals surface area contributed by atoms with E-state index >= 15 is 0 Å². The topological polar surface area (TPSA) is 116 Å². The van der Waals surface area contributed by atoms with Gasteiger partial charge < -0.3 is 10.8 Å². The molecular weight excluding hydrogens is 397 g/mol. The van der Waals surface area contributed by atoms with E-state index in [4.69, 9.17) is 15.7 Å². The van der Waals surface area contributed by atoms with Crippen molar-refractivity contribution in [3.05, 3.63) is 78.6 Å². The average Bonchev–Trinajstić information content (AvgIpc) is 3.18. The van der Waals surface area contributed by atoms with Crippen molar-refractivity contribution < 1.29 is 9.50 Å². The van der Waals surface area contributed by atoms with Crippen LogP contribution in [0.15, 0.2) is 67.1 Å². The molecular formula is C22H16FN7O. The number of aliphatic hydroxyl groups is 1. The molecule has 0 unspecified atom stereocenters. The predicted octanol–water partition coefficient (Wildman–Crippen LogP) is 3.15. The molecule has 5 rings (SSSR count). The molecule has 0 atom stereocenters. The van der Waals surface area contributed by atoms with Crippen LogP contribution in [0.1, 0.15) is 5.56 Å². The van der Waals surface area contributed by atoms with Crippen molar-refractivity contribution >= 4 is 17.0 Å². The number of benzene rings is 1. The Morgan fingerprint density at radius 1 is 0.903 bits per heavy atom. The van der Waals surface area contributed by atoms with Crippen molar-refractivity contribution in [2.75, 3.05) is 5.73 Å². The van der Waals surface area contributed by atoms with Crippen LogP contribution in [0.2, 0.25) is 0 Å². The highest BCUT2D eigenvalue weighted by Gasteiger charge is 2.19. The number of fused-ring (bicyclic) bond motifs is 1. The summed E-state index contributed by atoms with van der Waals surface area (Å²) in [5.41, 5.74) is 10.5. The third-order valence-electron chi connectivity index (χ3n) is 4.84. The van der Waals surface area contributed by atoms with Gasteiger partial charge in [-0.25, -0.2) is 24.9 Å². The summed E-state index contributed by atoms with van der Waals surface area (Å²) in [7, 11) is 0. The SMILES string of the molecule is Nc1ncccc1-c1nc2ccc(-c3cnc(F)cn3)nc2n1-c1ccc(CO)cc1. The summed E-state index contributed by atoms with van der Waals surface area (Å²) >= 11 is 0. The van der Waals surface area contributed by atoms with Gasteiger partial charge in [0.1, 0.15) is 17.0 Å². The van der Waals surface area contributed by atoms with Crippen molar-refractivity contribution in [1.82, 2.24) is 29.5 Å². The molecule has 3 N–H and O–H groups in total. The molecule has 31 heavy (non-hydrogen) atoms. The lowest BCUT2D eigenvalue weighted by Gasteiger charge is -2.11. The number of nitrogen functional groups attached to an aromatic ring is 1. The van der Waals surface area contributed by atoms with Gasteiger partial charge in [-0.2, -0.15) is 4.39 Å². The van der Waals surface area contributed by atoms with Gasteiger partial charge in [0, 0.05) is 11.9 Å². The monoisotopic (exact) mass is 413 g/mol. The largest absolute Gasteiger partial charge is 0.392 e. The molecule has 0 aliphatic rings. The Balaban J connectivity index is 1.77. The van der Waals surface area contributed by atoms with Crippen LogP contribution < -0.4 is 5.73 Å². The summed E-state index contributed by atoms with van der Waals surface area (Å²) in [5.74, 6) is 0.260. The molecule has 4 heterocycles. The maximum absolute atomic E-state index is 13.2. The second kappa shape index (κ2) is 7.54. The van der Waals surface area contributed by atoms with E-state index < -0.39 is 5.95 Å². The van der Waals surface area contributed by atoms with E-state index in [1.165, 1.54) is 6.20 Å². The number of pyridine rings is 2. The molecule has 0 saturated heterocycles. The fourth-order valence-corrected chi connectivity index (χ4v) is 3.33. The second-order valence-corrected chi connectivity index (χ2v) is 6.80. The van der Waals surface area contributed by atoms with Gasteiger partial charge in [0.05, 0.1) is 30.3 Å². The highest BCUT2D eigenvalue weighted by atomic mass is 19.1. The Bertz CT molecular complexity index is 1380. The van der Waals surface area contributed by atoms with Gasteiger partial charge in [-0.15, -0.1) is 0 Å². The molecule has 0 fully saturated rings. The van der Waals surface area contributed by atoms with Crippen LogP contribution in [-0.2, 0) is 6.61 Å². The number of nitrogens with two attached hydrogens (primary N) is 1. The fourth-order valence-electron chi connectivity index (χ4n) is 3.33. The Morgan fingerprint density at radius 3 is 2.45 bits per heavy atom. The van der Waals surface area contributed by atoms with E-state index in [2.05, 4.69) is 15.0 Å². The highest BCUT2D eigenvalue weighted by molar-refractivity contribution is 5.84. The lowest BCUT2D eigenvalue weighted by molar-refractivity contribution is 0.282. The molecule has 4 aromatic heterocycles. The summed E-state index contributed by atoms with van der Waals surface area (Å²) in [6.07, 6.45) is 4.00. The van der Waals surface area contributed by atoms with Crippen LogP contribution in [-0.4, -0.2) is 34.6 Å².